The fraction of sp³-hybridized carbons (Fsp3) is 0.286. The van der Waals surface area contributed by atoms with E-state index >= 15 is 0 Å². The van der Waals surface area contributed by atoms with Crippen LogP contribution in [0.15, 0.2) is 36.4 Å². The van der Waals surface area contributed by atoms with E-state index in [4.69, 9.17) is 16.3 Å². The molecule has 0 aromatic heterocycles. The second-order valence-electron chi connectivity index (χ2n) is 6.95. The van der Waals surface area contributed by atoms with Gasteiger partial charge < -0.3 is 15.0 Å². The Balaban J connectivity index is 1.57. The number of anilines is 2. The van der Waals surface area contributed by atoms with Gasteiger partial charge in [0.1, 0.15) is 5.82 Å². The van der Waals surface area contributed by atoms with Crippen molar-refractivity contribution in [3.63, 3.8) is 0 Å². The van der Waals surface area contributed by atoms with Gasteiger partial charge in [0, 0.05) is 13.0 Å². The van der Waals surface area contributed by atoms with Crippen LogP contribution in [0, 0.1) is 25.6 Å². The van der Waals surface area contributed by atoms with Crippen molar-refractivity contribution in [1.29, 1.82) is 0 Å². The van der Waals surface area contributed by atoms with Gasteiger partial charge in [-0.15, -0.1) is 0 Å². The van der Waals surface area contributed by atoms with Gasteiger partial charge in [0.25, 0.3) is 5.91 Å². The highest BCUT2D eigenvalue weighted by molar-refractivity contribution is 6.34. The van der Waals surface area contributed by atoms with Gasteiger partial charge >= 0.3 is 5.97 Å². The molecule has 8 heteroatoms. The molecule has 6 nitrogen and oxygen atoms in total. The number of halogens is 2. The highest BCUT2D eigenvalue weighted by atomic mass is 35.5. The minimum absolute atomic E-state index is 0.00309. The number of hydrogen-bond donors (Lipinski definition) is 1. The van der Waals surface area contributed by atoms with Crippen molar-refractivity contribution >= 4 is 40.8 Å². The van der Waals surface area contributed by atoms with E-state index in [-0.39, 0.29) is 24.6 Å². The van der Waals surface area contributed by atoms with Crippen LogP contribution in [-0.4, -0.2) is 30.9 Å². The van der Waals surface area contributed by atoms with Crippen LogP contribution in [0.5, 0.6) is 0 Å². The van der Waals surface area contributed by atoms with Gasteiger partial charge in [-0.2, -0.15) is 0 Å². The third-order valence-corrected chi connectivity index (χ3v) is 4.94. The molecule has 1 atom stereocenters. The molecule has 0 bridgehead atoms. The molecule has 1 fully saturated rings. The summed E-state index contributed by atoms with van der Waals surface area (Å²) < 4.78 is 19.0. The molecule has 29 heavy (non-hydrogen) atoms. The quantitative estimate of drug-likeness (QED) is 0.752. The second-order valence-corrected chi connectivity index (χ2v) is 7.36. The summed E-state index contributed by atoms with van der Waals surface area (Å²) in [6.45, 7) is 3.19. The first-order valence-corrected chi connectivity index (χ1v) is 9.42. The van der Waals surface area contributed by atoms with Crippen LogP contribution in [0.4, 0.5) is 15.8 Å². The Hall–Kier alpha value is -2.93. The number of carbonyl (C=O) groups excluding carboxylic acids is 3. The Bertz CT molecular complexity index is 956. The summed E-state index contributed by atoms with van der Waals surface area (Å²) in [5.74, 6) is -2.90. The summed E-state index contributed by atoms with van der Waals surface area (Å²) in [5, 5.41) is 3.02. The molecule has 2 amide bonds. The molecule has 0 saturated carbocycles. The first-order chi connectivity index (χ1) is 13.8. The molecule has 152 valence electrons. The van der Waals surface area contributed by atoms with Gasteiger partial charge in [-0.1, -0.05) is 29.8 Å². The summed E-state index contributed by atoms with van der Waals surface area (Å²) >= 11 is 6.15. The Morgan fingerprint density at radius 3 is 2.69 bits per heavy atom. The minimum atomic E-state index is -0.764. The lowest BCUT2D eigenvalue weighted by atomic mass is 10.1. The monoisotopic (exact) mass is 418 g/mol. The number of esters is 1. The minimum Gasteiger partial charge on any atom is -0.455 e. The summed E-state index contributed by atoms with van der Waals surface area (Å²) in [6, 6.07) is 9.44. The van der Waals surface area contributed by atoms with Crippen LogP contribution in [0.2, 0.25) is 5.02 Å². The van der Waals surface area contributed by atoms with E-state index in [1.807, 2.05) is 19.9 Å². The fourth-order valence-electron chi connectivity index (χ4n) is 3.27. The molecule has 1 saturated heterocycles. The lowest BCUT2D eigenvalue weighted by Crippen LogP contribution is -2.28. The Labute approximate surface area is 172 Å². The predicted molar refractivity (Wildman–Crippen MR) is 107 cm³/mol. The number of rotatable bonds is 5. The zero-order valence-corrected chi connectivity index (χ0v) is 16.8. The smallest absolute Gasteiger partial charge is 0.311 e. The maximum Gasteiger partial charge on any atom is 0.311 e. The lowest BCUT2D eigenvalue weighted by Gasteiger charge is -2.17. The maximum absolute atomic E-state index is 13.9. The second kappa shape index (κ2) is 8.61. The number of hydrogen-bond acceptors (Lipinski definition) is 4. The molecule has 1 N–H and O–H groups in total. The molecule has 2 aromatic carbocycles. The average Bonchev–Trinajstić information content (AvgIpc) is 3.04. The third kappa shape index (κ3) is 4.74. The Morgan fingerprint density at radius 2 is 2.00 bits per heavy atom. The van der Waals surface area contributed by atoms with E-state index in [9.17, 15) is 18.8 Å². The SMILES string of the molecule is Cc1cc(C)c(NC(=O)COC(=O)[C@H]2CC(=O)N(c3ccccc3F)C2)c(Cl)c1. The van der Waals surface area contributed by atoms with E-state index in [1.54, 1.807) is 12.1 Å². The number of amides is 2. The highest BCUT2D eigenvalue weighted by Crippen LogP contribution is 2.29. The normalized spacial score (nSPS) is 16.1. The number of benzene rings is 2. The summed E-state index contributed by atoms with van der Waals surface area (Å²) in [5.41, 5.74) is 2.33. The number of carbonyl (C=O) groups is 3. The van der Waals surface area contributed by atoms with Gasteiger partial charge in [0.05, 0.1) is 22.3 Å². The molecule has 1 aliphatic rings. The van der Waals surface area contributed by atoms with Gasteiger partial charge in [0.2, 0.25) is 5.91 Å². The molecular weight excluding hydrogens is 399 g/mol. The number of ether oxygens (including phenoxy) is 1. The Kier molecular flexibility index (Phi) is 6.17. The van der Waals surface area contributed by atoms with Crippen LogP contribution in [0.1, 0.15) is 17.5 Å². The zero-order valence-electron chi connectivity index (χ0n) is 16.0. The largest absolute Gasteiger partial charge is 0.455 e. The lowest BCUT2D eigenvalue weighted by molar-refractivity contribution is -0.151. The average molecular weight is 419 g/mol. The third-order valence-electron chi connectivity index (χ3n) is 4.64. The first kappa shape index (κ1) is 20.8. The number of aryl methyl sites for hydroxylation is 2. The van der Waals surface area contributed by atoms with E-state index < -0.39 is 30.2 Å². The Morgan fingerprint density at radius 1 is 1.28 bits per heavy atom. The summed E-state index contributed by atoms with van der Waals surface area (Å²) in [7, 11) is 0. The maximum atomic E-state index is 13.9. The number of para-hydroxylation sites is 1. The van der Waals surface area contributed by atoms with Crippen molar-refractivity contribution in [2.24, 2.45) is 5.92 Å². The van der Waals surface area contributed by atoms with Crippen LogP contribution in [0.25, 0.3) is 0 Å². The van der Waals surface area contributed by atoms with Gasteiger partial charge in [-0.25, -0.2) is 4.39 Å². The van der Waals surface area contributed by atoms with Crippen molar-refractivity contribution in [1.82, 2.24) is 0 Å². The first-order valence-electron chi connectivity index (χ1n) is 9.04. The van der Waals surface area contributed by atoms with Crippen LogP contribution < -0.4 is 10.2 Å². The number of nitrogens with zero attached hydrogens (tertiary/aromatic N) is 1. The van der Waals surface area contributed by atoms with Gasteiger partial charge in [0.15, 0.2) is 6.61 Å². The molecule has 0 aliphatic carbocycles. The van der Waals surface area contributed by atoms with E-state index in [1.165, 1.54) is 23.1 Å². The fourth-order valence-corrected chi connectivity index (χ4v) is 3.64. The van der Waals surface area contributed by atoms with Crippen LogP contribution in [0.3, 0.4) is 0 Å². The highest BCUT2D eigenvalue weighted by Gasteiger charge is 2.37. The molecule has 1 aliphatic heterocycles. The van der Waals surface area contributed by atoms with Crippen molar-refractivity contribution in [2.75, 3.05) is 23.4 Å². The topological polar surface area (TPSA) is 75.7 Å². The van der Waals surface area contributed by atoms with E-state index in [0.29, 0.717) is 10.7 Å². The standard InChI is InChI=1S/C21H20ClFN2O4/c1-12-7-13(2)20(15(22)8-12)24-18(26)11-29-21(28)14-9-19(27)25(10-14)17-6-4-3-5-16(17)23/h3-8,14H,9-11H2,1-2H3,(H,24,26)/t14-/m0/s1. The predicted octanol–water partition coefficient (Wildman–Crippen LogP) is 3.63. The summed E-state index contributed by atoms with van der Waals surface area (Å²) in [6.07, 6.45) is -0.0995. The molecule has 2 aromatic rings. The van der Waals surface area contributed by atoms with Crippen molar-refractivity contribution in [2.45, 2.75) is 20.3 Å². The molecule has 0 unspecified atom stereocenters. The molecule has 1 heterocycles. The van der Waals surface area contributed by atoms with Crippen molar-refractivity contribution in [3.05, 3.63) is 58.4 Å². The zero-order chi connectivity index (χ0) is 21.1. The van der Waals surface area contributed by atoms with Gasteiger partial charge in [-0.3, -0.25) is 14.4 Å². The molecular formula is C21H20ClFN2O4. The van der Waals surface area contributed by atoms with Crippen molar-refractivity contribution < 1.29 is 23.5 Å². The van der Waals surface area contributed by atoms with Gasteiger partial charge in [-0.05, 0) is 43.2 Å². The van der Waals surface area contributed by atoms with E-state index in [0.717, 1.165) is 11.1 Å². The summed E-state index contributed by atoms with van der Waals surface area (Å²) in [4.78, 5) is 37.8. The molecule has 0 spiro atoms. The van der Waals surface area contributed by atoms with E-state index in [2.05, 4.69) is 5.32 Å². The molecule has 0 radical (unpaired) electrons. The van der Waals surface area contributed by atoms with Crippen molar-refractivity contribution in [3.8, 4) is 0 Å². The van der Waals surface area contributed by atoms with Crippen LogP contribution >= 0.6 is 11.6 Å². The molecule has 3 rings (SSSR count). The van der Waals surface area contributed by atoms with Crippen LogP contribution in [-0.2, 0) is 19.1 Å². The number of nitrogens with one attached hydrogen (secondary N) is 1.